The molecule has 3 rings (SSSR count). The fourth-order valence-electron chi connectivity index (χ4n) is 4.01. The highest BCUT2D eigenvalue weighted by Crippen LogP contribution is 2.26. The van der Waals surface area contributed by atoms with Crippen LogP contribution in [0.25, 0.3) is 0 Å². The van der Waals surface area contributed by atoms with E-state index in [2.05, 4.69) is 15.5 Å². The highest BCUT2D eigenvalue weighted by atomic mass is 19.1. The lowest BCUT2D eigenvalue weighted by Gasteiger charge is -2.29. The van der Waals surface area contributed by atoms with Crippen LogP contribution in [0.5, 0.6) is 5.75 Å². The Hall–Kier alpha value is -2.93. The molecule has 2 unspecified atom stereocenters. The number of carbonyl (C=O) groups is 2. The fourth-order valence-corrected chi connectivity index (χ4v) is 4.01. The maximum absolute atomic E-state index is 13.1. The first kappa shape index (κ1) is 23.7. The van der Waals surface area contributed by atoms with E-state index in [-0.39, 0.29) is 17.9 Å². The number of hydrogen-bond acceptors (Lipinski definition) is 4. The van der Waals surface area contributed by atoms with Crippen LogP contribution in [0.2, 0.25) is 0 Å². The van der Waals surface area contributed by atoms with Gasteiger partial charge in [-0.3, -0.25) is 14.5 Å². The largest absolute Gasteiger partial charge is 0.497 e. The van der Waals surface area contributed by atoms with Gasteiger partial charge in [-0.05, 0) is 73.8 Å². The monoisotopic (exact) mass is 441 g/mol. The lowest BCUT2D eigenvalue weighted by atomic mass is 10.0. The number of rotatable bonds is 9. The Labute approximate surface area is 189 Å². The number of amides is 2. The molecule has 2 aromatic carbocycles. The second-order valence-electron chi connectivity index (χ2n) is 8.48. The van der Waals surface area contributed by atoms with Crippen molar-refractivity contribution in [2.45, 2.75) is 38.8 Å². The molecule has 1 heterocycles. The smallest absolute Gasteiger partial charge is 0.251 e. The van der Waals surface area contributed by atoms with Crippen molar-refractivity contribution in [2.24, 2.45) is 5.92 Å². The molecule has 2 atom stereocenters. The van der Waals surface area contributed by atoms with Gasteiger partial charge < -0.3 is 15.4 Å². The Morgan fingerprint density at radius 1 is 1.03 bits per heavy atom. The van der Waals surface area contributed by atoms with E-state index in [0.717, 1.165) is 37.2 Å². The molecule has 0 radical (unpaired) electrons. The highest BCUT2D eigenvalue weighted by Gasteiger charge is 2.28. The predicted octanol–water partition coefficient (Wildman–Crippen LogP) is 3.54. The number of hydrogen-bond donors (Lipinski definition) is 2. The van der Waals surface area contributed by atoms with E-state index in [1.807, 2.05) is 38.1 Å². The van der Waals surface area contributed by atoms with Gasteiger partial charge in [0.25, 0.3) is 5.91 Å². The van der Waals surface area contributed by atoms with Gasteiger partial charge in [-0.25, -0.2) is 4.39 Å². The first-order valence-electron chi connectivity index (χ1n) is 11.1. The average Bonchev–Trinajstić information content (AvgIpc) is 3.32. The Kier molecular flexibility index (Phi) is 8.22. The third kappa shape index (κ3) is 6.07. The minimum atomic E-state index is -0.692. The zero-order chi connectivity index (χ0) is 23.1. The molecule has 0 aromatic heterocycles. The quantitative estimate of drug-likeness (QED) is 0.625. The topological polar surface area (TPSA) is 70.7 Å². The van der Waals surface area contributed by atoms with Crippen LogP contribution in [0.1, 0.15) is 48.7 Å². The number of halogens is 1. The van der Waals surface area contributed by atoms with Gasteiger partial charge in [-0.15, -0.1) is 0 Å². The molecule has 1 fully saturated rings. The number of methoxy groups -OCH3 is 1. The maximum Gasteiger partial charge on any atom is 0.251 e. The van der Waals surface area contributed by atoms with Gasteiger partial charge in [0.1, 0.15) is 17.6 Å². The van der Waals surface area contributed by atoms with E-state index in [4.69, 9.17) is 4.74 Å². The molecule has 2 N–H and O–H groups in total. The number of likely N-dealkylation sites (tertiary alicyclic amines) is 1. The highest BCUT2D eigenvalue weighted by molar-refractivity contribution is 5.97. The van der Waals surface area contributed by atoms with Gasteiger partial charge in [0.15, 0.2) is 0 Å². The lowest BCUT2D eigenvalue weighted by Crippen LogP contribution is -2.51. The minimum absolute atomic E-state index is 0.0490. The van der Waals surface area contributed by atoms with Crippen molar-refractivity contribution in [2.75, 3.05) is 26.7 Å². The molecule has 2 amide bonds. The maximum atomic E-state index is 13.1. The predicted molar refractivity (Wildman–Crippen MR) is 122 cm³/mol. The van der Waals surface area contributed by atoms with Crippen molar-refractivity contribution < 1.29 is 18.7 Å². The summed E-state index contributed by atoms with van der Waals surface area (Å²) in [6, 6.07) is 12.6. The van der Waals surface area contributed by atoms with E-state index in [9.17, 15) is 14.0 Å². The molecule has 1 aliphatic heterocycles. The summed E-state index contributed by atoms with van der Waals surface area (Å²) in [4.78, 5) is 28.0. The third-order valence-corrected chi connectivity index (χ3v) is 5.89. The van der Waals surface area contributed by atoms with E-state index in [1.54, 1.807) is 7.11 Å². The molecule has 6 nitrogen and oxygen atoms in total. The van der Waals surface area contributed by atoms with Gasteiger partial charge in [-0.1, -0.05) is 26.0 Å². The van der Waals surface area contributed by atoms with E-state index in [1.165, 1.54) is 24.3 Å². The second-order valence-corrected chi connectivity index (χ2v) is 8.48. The summed E-state index contributed by atoms with van der Waals surface area (Å²) < 4.78 is 18.4. The van der Waals surface area contributed by atoms with Gasteiger partial charge >= 0.3 is 0 Å². The molecule has 1 saturated heterocycles. The summed E-state index contributed by atoms with van der Waals surface area (Å²) in [5, 5.41) is 5.84. The van der Waals surface area contributed by atoms with Crippen LogP contribution in [0.4, 0.5) is 4.39 Å². The Balaban J connectivity index is 1.68. The first-order valence-corrected chi connectivity index (χ1v) is 11.1. The third-order valence-electron chi connectivity index (χ3n) is 5.89. The molecule has 2 aromatic rings. The Morgan fingerprint density at radius 3 is 2.22 bits per heavy atom. The van der Waals surface area contributed by atoms with Crippen molar-refractivity contribution in [3.05, 3.63) is 65.5 Å². The lowest BCUT2D eigenvalue weighted by molar-refractivity contribution is -0.124. The van der Waals surface area contributed by atoms with Crippen molar-refractivity contribution >= 4 is 11.8 Å². The molecular formula is C25H32FN3O3. The summed E-state index contributed by atoms with van der Waals surface area (Å²) >= 11 is 0. The number of carbonyl (C=O) groups excluding carboxylic acids is 2. The van der Waals surface area contributed by atoms with Crippen LogP contribution in [0.15, 0.2) is 48.5 Å². The van der Waals surface area contributed by atoms with Crippen LogP contribution in [0, 0.1) is 11.7 Å². The zero-order valence-electron chi connectivity index (χ0n) is 18.9. The normalized spacial score (nSPS) is 15.9. The van der Waals surface area contributed by atoms with Crippen molar-refractivity contribution in [3.63, 3.8) is 0 Å². The van der Waals surface area contributed by atoms with E-state index in [0.29, 0.717) is 12.1 Å². The van der Waals surface area contributed by atoms with Crippen molar-refractivity contribution in [3.8, 4) is 5.75 Å². The van der Waals surface area contributed by atoms with Gasteiger partial charge in [0.2, 0.25) is 5.91 Å². The summed E-state index contributed by atoms with van der Waals surface area (Å²) in [5.74, 6) is -0.351. The van der Waals surface area contributed by atoms with Crippen molar-refractivity contribution in [1.29, 1.82) is 0 Å². The van der Waals surface area contributed by atoms with Crippen LogP contribution in [0.3, 0.4) is 0 Å². The minimum Gasteiger partial charge on any atom is -0.497 e. The molecular weight excluding hydrogens is 409 g/mol. The molecule has 0 spiro atoms. The zero-order valence-corrected chi connectivity index (χ0v) is 18.9. The fraction of sp³-hybridized carbons (Fsp3) is 0.440. The molecule has 7 heteroatoms. The Bertz CT molecular complexity index is 894. The first-order chi connectivity index (χ1) is 15.4. The van der Waals surface area contributed by atoms with Crippen LogP contribution < -0.4 is 15.4 Å². The van der Waals surface area contributed by atoms with Gasteiger partial charge in [-0.2, -0.15) is 0 Å². The second kappa shape index (κ2) is 11.1. The molecule has 0 saturated carbocycles. The Morgan fingerprint density at radius 2 is 1.66 bits per heavy atom. The average molecular weight is 442 g/mol. The number of nitrogens with one attached hydrogen (secondary N) is 2. The molecule has 0 aliphatic carbocycles. The molecule has 0 bridgehead atoms. The summed E-state index contributed by atoms with van der Waals surface area (Å²) in [5.41, 5.74) is 1.43. The summed E-state index contributed by atoms with van der Waals surface area (Å²) in [7, 11) is 1.64. The van der Waals surface area contributed by atoms with Crippen LogP contribution >= 0.6 is 0 Å². The molecule has 172 valence electrons. The van der Waals surface area contributed by atoms with Gasteiger partial charge in [0.05, 0.1) is 13.2 Å². The number of nitrogens with zero attached hydrogens (tertiary/aromatic N) is 1. The van der Waals surface area contributed by atoms with E-state index < -0.39 is 17.8 Å². The van der Waals surface area contributed by atoms with Crippen molar-refractivity contribution in [1.82, 2.24) is 15.5 Å². The van der Waals surface area contributed by atoms with Crippen LogP contribution in [-0.2, 0) is 4.79 Å². The standard InChI is InChI=1S/C25H32FN3O3/c1-17(2)23(28-24(30)19-6-10-20(26)11-7-19)25(31)27-16-22(29-14-4-5-15-29)18-8-12-21(32-3)13-9-18/h6-13,17,22-23H,4-5,14-16H2,1-3H3,(H,27,31)(H,28,30). The van der Waals surface area contributed by atoms with Crippen LogP contribution in [-0.4, -0.2) is 49.5 Å². The molecule has 32 heavy (non-hydrogen) atoms. The van der Waals surface area contributed by atoms with E-state index >= 15 is 0 Å². The summed E-state index contributed by atoms with van der Waals surface area (Å²) in [6.45, 7) is 6.19. The van der Waals surface area contributed by atoms with Gasteiger partial charge in [0, 0.05) is 12.1 Å². The SMILES string of the molecule is COc1ccc(C(CNC(=O)C(NC(=O)c2ccc(F)cc2)C(C)C)N2CCCC2)cc1. The number of benzene rings is 2. The number of ether oxygens (including phenoxy) is 1. The summed E-state index contributed by atoms with van der Waals surface area (Å²) in [6.07, 6.45) is 2.28. The molecule has 1 aliphatic rings.